The normalized spacial score (nSPS) is 15.2. The summed E-state index contributed by atoms with van der Waals surface area (Å²) < 4.78 is 0. The first-order valence-electron chi connectivity index (χ1n) is 6.24. The number of aromatic nitrogens is 1. The SMILES string of the molecule is Cc1nc(-c2cccs2)sc1C(=O)NCC1CNC1. The third-order valence-corrected chi connectivity index (χ3v) is 5.35. The number of thiazole rings is 1. The molecule has 1 aliphatic heterocycles. The molecular weight excluding hydrogens is 278 g/mol. The number of aryl methyl sites for hydroxylation is 1. The van der Waals surface area contributed by atoms with E-state index < -0.39 is 0 Å². The molecule has 1 amide bonds. The lowest BCUT2D eigenvalue weighted by Crippen LogP contribution is -2.48. The Kier molecular flexibility index (Phi) is 3.63. The number of nitrogens with one attached hydrogen (secondary N) is 2. The number of nitrogens with zero attached hydrogens (tertiary/aromatic N) is 1. The molecule has 1 aliphatic rings. The molecule has 3 heterocycles. The van der Waals surface area contributed by atoms with Crippen molar-refractivity contribution in [3.63, 3.8) is 0 Å². The maximum atomic E-state index is 12.1. The van der Waals surface area contributed by atoms with Crippen molar-refractivity contribution in [2.75, 3.05) is 19.6 Å². The van der Waals surface area contributed by atoms with Crippen LogP contribution in [0.2, 0.25) is 0 Å². The van der Waals surface area contributed by atoms with Gasteiger partial charge in [-0.3, -0.25) is 4.79 Å². The minimum atomic E-state index is 0.00436. The van der Waals surface area contributed by atoms with Crippen molar-refractivity contribution in [2.24, 2.45) is 5.92 Å². The predicted octanol–water partition coefficient (Wildman–Crippen LogP) is 2.13. The first-order valence-corrected chi connectivity index (χ1v) is 7.94. The van der Waals surface area contributed by atoms with Gasteiger partial charge >= 0.3 is 0 Å². The van der Waals surface area contributed by atoms with Crippen LogP contribution in [0.25, 0.3) is 9.88 Å². The largest absolute Gasteiger partial charge is 0.351 e. The summed E-state index contributed by atoms with van der Waals surface area (Å²) in [4.78, 5) is 18.5. The van der Waals surface area contributed by atoms with E-state index in [4.69, 9.17) is 0 Å². The van der Waals surface area contributed by atoms with E-state index >= 15 is 0 Å². The van der Waals surface area contributed by atoms with Gasteiger partial charge in [0.25, 0.3) is 5.91 Å². The summed E-state index contributed by atoms with van der Waals surface area (Å²) in [7, 11) is 0. The average molecular weight is 293 g/mol. The fraction of sp³-hybridized carbons (Fsp3) is 0.385. The number of rotatable bonds is 4. The summed E-state index contributed by atoms with van der Waals surface area (Å²) in [6.07, 6.45) is 0. The van der Waals surface area contributed by atoms with Crippen molar-refractivity contribution in [1.29, 1.82) is 0 Å². The molecule has 6 heteroatoms. The second-order valence-corrected chi connectivity index (χ2v) is 6.59. The number of hydrogen-bond donors (Lipinski definition) is 2. The van der Waals surface area contributed by atoms with Crippen LogP contribution in [0.5, 0.6) is 0 Å². The molecule has 2 aromatic rings. The topological polar surface area (TPSA) is 54.0 Å². The van der Waals surface area contributed by atoms with Crippen molar-refractivity contribution in [1.82, 2.24) is 15.6 Å². The Balaban J connectivity index is 1.71. The van der Waals surface area contributed by atoms with Crippen LogP contribution < -0.4 is 10.6 Å². The van der Waals surface area contributed by atoms with Crippen molar-refractivity contribution in [2.45, 2.75) is 6.92 Å². The summed E-state index contributed by atoms with van der Waals surface area (Å²) in [6.45, 7) is 4.65. The zero-order valence-electron chi connectivity index (χ0n) is 10.6. The summed E-state index contributed by atoms with van der Waals surface area (Å²) >= 11 is 3.12. The van der Waals surface area contributed by atoms with Gasteiger partial charge in [0.1, 0.15) is 9.88 Å². The number of carbonyl (C=O) groups excluding carboxylic acids is 1. The molecule has 0 saturated carbocycles. The van der Waals surface area contributed by atoms with Gasteiger partial charge in [-0.25, -0.2) is 4.98 Å². The van der Waals surface area contributed by atoms with Crippen LogP contribution in [-0.2, 0) is 0 Å². The minimum Gasteiger partial charge on any atom is -0.351 e. The molecule has 2 N–H and O–H groups in total. The van der Waals surface area contributed by atoms with Gasteiger partial charge in [-0.2, -0.15) is 0 Å². The van der Waals surface area contributed by atoms with Gasteiger partial charge in [0.05, 0.1) is 10.6 Å². The van der Waals surface area contributed by atoms with E-state index in [1.807, 2.05) is 24.4 Å². The summed E-state index contributed by atoms with van der Waals surface area (Å²) in [5, 5.41) is 9.15. The maximum Gasteiger partial charge on any atom is 0.263 e. The Morgan fingerprint density at radius 1 is 1.58 bits per heavy atom. The molecule has 0 atom stereocenters. The number of thiophene rings is 1. The van der Waals surface area contributed by atoms with Crippen LogP contribution in [0.4, 0.5) is 0 Å². The highest BCUT2D eigenvalue weighted by Crippen LogP contribution is 2.30. The molecular formula is C13H15N3OS2. The Morgan fingerprint density at radius 2 is 2.42 bits per heavy atom. The van der Waals surface area contributed by atoms with E-state index in [-0.39, 0.29) is 5.91 Å². The Labute approximate surface area is 119 Å². The Hall–Kier alpha value is -1.24. The molecule has 3 rings (SSSR count). The Bertz CT molecular complexity index is 573. The van der Waals surface area contributed by atoms with Gasteiger partial charge in [0.15, 0.2) is 0 Å². The molecule has 0 aliphatic carbocycles. The van der Waals surface area contributed by atoms with Crippen LogP contribution in [0, 0.1) is 12.8 Å². The van der Waals surface area contributed by atoms with E-state index in [0.29, 0.717) is 5.92 Å². The lowest BCUT2D eigenvalue weighted by Gasteiger charge is -2.26. The van der Waals surface area contributed by atoms with Crippen LogP contribution in [0.1, 0.15) is 15.4 Å². The highest BCUT2D eigenvalue weighted by atomic mass is 32.1. The Morgan fingerprint density at radius 3 is 3.05 bits per heavy atom. The lowest BCUT2D eigenvalue weighted by atomic mass is 10.0. The average Bonchev–Trinajstić information content (AvgIpc) is 2.95. The highest BCUT2D eigenvalue weighted by molar-refractivity contribution is 7.22. The molecule has 1 fully saturated rings. The molecule has 100 valence electrons. The highest BCUT2D eigenvalue weighted by Gasteiger charge is 2.20. The second-order valence-electron chi connectivity index (χ2n) is 4.65. The molecule has 0 radical (unpaired) electrons. The van der Waals surface area contributed by atoms with E-state index in [1.165, 1.54) is 11.3 Å². The first kappa shape index (κ1) is 12.8. The second kappa shape index (κ2) is 5.40. The summed E-state index contributed by atoms with van der Waals surface area (Å²) in [5.41, 5.74) is 0.817. The predicted molar refractivity (Wildman–Crippen MR) is 78.9 cm³/mol. The van der Waals surface area contributed by atoms with Gasteiger partial charge in [0, 0.05) is 25.6 Å². The molecule has 2 aromatic heterocycles. The molecule has 0 unspecified atom stereocenters. The molecule has 1 saturated heterocycles. The fourth-order valence-electron chi connectivity index (χ4n) is 1.92. The molecule has 0 spiro atoms. The van der Waals surface area contributed by atoms with E-state index in [2.05, 4.69) is 15.6 Å². The van der Waals surface area contributed by atoms with Crippen LogP contribution in [0.3, 0.4) is 0 Å². The third-order valence-electron chi connectivity index (χ3n) is 3.15. The molecule has 19 heavy (non-hydrogen) atoms. The first-order chi connectivity index (χ1) is 9.24. The van der Waals surface area contributed by atoms with Crippen molar-refractivity contribution < 1.29 is 4.79 Å². The van der Waals surface area contributed by atoms with Gasteiger partial charge in [-0.15, -0.1) is 22.7 Å². The summed E-state index contributed by atoms with van der Waals surface area (Å²) in [6, 6.07) is 4.03. The van der Waals surface area contributed by atoms with Gasteiger partial charge in [0.2, 0.25) is 0 Å². The number of hydrogen-bond acceptors (Lipinski definition) is 5. The summed E-state index contributed by atoms with van der Waals surface area (Å²) in [5.74, 6) is 0.582. The fourth-order valence-corrected chi connectivity index (χ4v) is 3.70. The third kappa shape index (κ3) is 2.70. The van der Waals surface area contributed by atoms with Crippen LogP contribution >= 0.6 is 22.7 Å². The maximum absolute atomic E-state index is 12.1. The molecule has 4 nitrogen and oxygen atoms in total. The van der Waals surface area contributed by atoms with Crippen molar-refractivity contribution in [3.05, 3.63) is 28.1 Å². The van der Waals surface area contributed by atoms with Crippen molar-refractivity contribution in [3.8, 4) is 9.88 Å². The van der Waals surface area contributed by atoms with Gasteiger partial charge in [-0.1, -0.05) is 6.07 Å². The van der Waals surface area contributed by atoms with E-state index in [1.54, 1.807) is 11.3 Å². The quantitative estimate of drug-likeness (QED) is 0.908. The monoisotopic (exact) mass is 293 g/mol. The zero-order valence-corrected chi connectivity index (χ0v) is 12.2. The molecule has 0 bridgehead atoms. The number of carbonyl (C=O) groups is 1. The molecule has 0 aromatic carbocycles. The van der Waals surface area contributed by atoms with Gasteiger partial charge < -0.3 is 10.6 Å². The van der Waals surface area contributed by atoms with E-state index in [0.717, 1.165) is 40.1 Å². The lowest BCUT2D eigenvalue weighted by molar-refractivity contribution is 0.0945. The van der Waals surface area contributed by atoms with Crippen LogP contribution in [-0.4, -0.2) is 30.5 Å². The zero-order chi connectivity index (χ0) is 13.2. The minimum absolute atomic E-state index is 0.00436. The smallest absolute Gasteiger partial charge is 0.263 e. The number of amides is 1. The van der Waals surface area contributed by atoms with E-state index in [9.17, 15) is 4.79 Å². The van der Waals surface area contributed by atoms with Gasteiger partial charge in [-0.05, 0) is 18.4 Å². The van der Waals surface area contributed by atoms with Crippen molar-refractivity contribution >= 4 is 28.6 Å². The standard InChI is InChI=1S/C13H15N3OS2/c1-8-11(12(17)15-7-9-5-14-6-9)19-13(16-8)10-3-2-4-18-10/h2-4,9,14H,5-7H2,1H3,(H,15,17). The van der Waals surface area contributed by atoms with Crippen LogP contribution in [0.15, 0.2) is 17.5 Å².